The van der Waals surface area contributed by atoms with Crippen molar-refractivity contribution < 1.29 is 9.53 Å². The standard InChI is InChI=1S/C24H28O2/c1-3-5-6-7-8-12-20(4-2)26-21-15-14-19-16-18-11-9-10-13-22(18)24(25)23(19)17-21/h4,9-11,13-15,17,20H,2-3,5-8,12,16H2,1H3. The van der Waals surface area contributed by atoms with E-state index in [2.05, 4.69) is 13.5 Å². The van der Waals surface area contributed by atoms with Gasteiger partial charge in [0.2, 0.25) is 0 Å². The Morgan fingerprint density at radius 3 is 2.62 bits per heavy atom. The van der Waals surface area contributed by atoms with Crippen LogP contribution in [0.3, 0.4) is 0 Å². The fraction of sp³-hybridized carbons (Fsp3) is 0.375. The lowest BCUT2D eigenvalue weighted by Gasteiger charge is -2.21. The molecule has 0 aliphatic heterocycles. The molecule has 0 radical (unpaired) electrons. The fourth-order valence-corrected chi connectivity index (χ4v) is 3.59. The van der Waals surface area contributed by atoms with Gasteiger partial charge in [-0.15, -0.1) is 0 Å². The summed E-state index contributed by atoms with van der Waals surface area (Å²) in [5, 5.41) is 0. The van der Waals surface area contributed by atoms with Gasteiger partial charge in [-0.05, 0) is 42.5 Å². The van der Waals surface area contributed by atoms with Crippen LogP contribution in [0.15, 0.2) is 55.1 Å². The zero-order valence-corrected chi connectivity index (χ0v) is 15.7. The first-order valence-electron chi connectivity index (χ1n) is 9.77. The van der Waals surface area contributed by atoms with E-state index in [1.54, 1.807) is 0 Å². The monoisotopic (exact) mass is 348 g/mol. The highest BCUT2D eigenvalue weighted by atomic mass is 16.5. The highest BCUT2D eigenvalue weighted by Crippen LogP contribution is 2.30. The van der Waals surface area contributed by atoms with E-state index in [0.717, 1.165) is 47.3 Å². The van der Waals surface area contributed by atoms with Crippen LogP contribution in [0.5, 0.6) is 5.75 Å². The van der Waals surface area contributed by atoms with Gasteiger partial charge in [0.1, 0.15) is 11.9 Å². The molecule has 2 aromatic carbocycles. The lowest BCUT2D eigenvalue weighted by atomic mass is 9.85. The molecule has 0 bridgehead atoms. The second kappa shape index (κ2) is 8.84. The summed E-state index contributed by atoms with van der Waals surface area (Å²) in [6.45, 7) is 6.14. The summed E-state index contributed by atoms with van der Waals surface area (Å²) < 4.78 is 6.10. The number of ketones is 1. The van der Waals surface area contributed by atoms with Gasteiger partial charge in [0.05, 0.1) is 0 Å². The van der Waals surface area contributed by atoms with E-state index in [9.17, 15) is 4.79 Å². The van der Waals surface area contributed by atoms with E-state index in [-0.39, 0.29) is 11.9 Å². The Hall–Kier alpha value is -2.35. The van der Waals surface area contributed by atoms with Gasteiger partial charge < -0.3 is 4.74 Å². The maximum atomic E-state index is 12.8. The first-order valence-corrected chi connectivity index (χ1v) is 9.77. The Bertz CT molecular complexity index is 776. The molecule has 0 heterocycles. The topological polar surface area (TPSA) is 26.3 Å². The molecule has 26 heavy (non-hydrogen) atoms. The van der Waals surface area contributed by atoms with Gasteiger partial charge in [0, 0.05) is 11.1 Å². The quantitative estimate of drug-likeness (QED) is 0.344. The number of benzene rings is 2. The number of carbonyl (C=O) groups is 1. The number of hydrogen-bond donors (Lipinski definition) is 0. The first-order chi connectivity index (χ1) is 12.7. The molecule has 136 valence electrons. The summed E-state index contributed by atoms with van der Waals surface area (Å²) in [6.07, 6.45) is 9.88. The van der Waals surface area contributed by atoms with Crippen molar-refractivity contribution in [2.24, 2.45) is 0 Å². The molecule has 1 unspecified atom stereocenters. The number of hydrogen-bond acceptors (Lipinski definition) is 2. The van der Waals surface area contributed by atoms with Crippen molar-refractivity contribution in [3.05, 3.63) is 77.4 Å². The minimum Gasteiger partial charge on any atom is -0.486 e. The Morgan fingerprint density at radius 1 is 1.04 bits per heavy atom. The minimum atomic E-state index is 0.000607. The van der Waals surface area contributed by atoms with Crippen LogP contribution in [-0.4, -0.2) is 11.9 Å². The zero-order valence-electron chi connectivity index (χ0n) is 15.7. The lowest BCUT2D eigenvalue weighted by molar-refractivity contribution is 0.103. The van der Waals surface area contributed by atoms with Crippen LogP contribution >= 0.6 is 0 Å². The van der Waals surface area contributed by atoms with Crippen LogP contribution in [0, 0.1) is 0 Å². The molecule has 0 saturated heterocycles. The Morgan fingerprint density at radius 2 is 1.81 bits per heavy atom. The maximum absolute atomic E-state index is 12.8. The minimum absolute atomic E-state index is 0.000607. The molecular formula is C24H28O2. The SMILES string of the molecule is C=CC(CCCCCCC)Oc1ccc2c(c1)C(=O)c1ccccc1C2. The molecule has 1 aliphatic rings. The van der Waals surface area contributed by atoms with E-state index >= 15 is 0 Å². The molecule has 1 atom stereocenters. The van der Waals surface area contributed by atoms with Crippen molar-refractivity contribution in [1.29, 1.82) is 0 Å². The Balaban J connectivity index is 1.66. The Kier molecular flexibility index (Phi) is 6.27. The van der Waals surface area contributed by atoms with Crippen LogP contribution in [0.4, 0.5) is 0 Å². The molecule has 2 nitrogen and oxygen atoms in total. The summed E-state index contributed by atoms with van der Waals surface area (Å²) in [7, 11) is 0. The van der Waals surface area contributed by atoms with Crippen molar-refractivity contribution in [1.82, 2.24) is 0 Å². The van der Waals surface area contributed by atoms with Gasteiger partial charge in [0.15, 0.2) is 5.78 Å². The predicted molar refractivity (Wildman–Crippen MR) is 107 cm³/mol. The fourth-order valence-electron chi connectivity index (χ4n) is 3.59. The number of fused-ring (bicyclic) bond motifs is 2. The van der Waals surface area contributed by atoms with Crippen molar-refractivity contribution in [3.63, 3.8) is 0 Å². The molecule has 0 fully saturated rings. The molecule has 3 rings (SSSR count). The lowest BCUT2D eigenvalue weighted by Crippen LogP contribution is -2.17. The maximum Gasteiger partial charge on any atom is 0.193 e. The van der Waals surface area contributed by atoms with Crippen LogP contribution < -0.4 is 4.74 Å². The Labute approximate surface area is 156 Å². The summed E-state index contributed by atoms with van der Waals surface area (Å²) in [5.41, 5.74) is 3.77. The van der Waals surface area contributed by atoms with Crippen LogP contribution in [0.25, 0.3) is 0 Å². The van der Waals surface area contributed by atoms with Crippen LogP contribution in [0.2, 0.25) is 0 Å². The summed E-state index contributed by atoms with van der Waals surface area (Å²) in [5.74, 6) is 0.858. The van der Waals surface area contributed by atoms with Crippen LogP contribution in [-0.2, 0) is 6.42 Å². The number of ether oxygens (including phenoxy) is 1. The number of unbranched alkanes of at least 4 members (excludes halogenated alkanes) is 4. The smallest absolute Gasteiger partial charge is 0.193 e. The molecule has 0 saturated carbocycles. The van der Waals surface area contributed by atoms with Gasteiger partial charge >= 0.3 is 0 Å². The van der Waals surface area contributed by atoms with Gasteiger partial charge in [-0.1, -0.05) is 75.6 Å². The van der Waals surface area contributed by atoms with Gasteiger partial charge in [-0.25, -0.2) is 0 Å². The summed E-state index contributed by atoms with van der Waals surface area (Å²) >= 11 is 0. The van der Waals surface area contributed by atoms with Gasteiger partial charge in [-0.3, -0.25) is 4.79 Å². The highest BCUT2D eigenvalue weighted by molar-refractivity contribution is 6.12. The molecule has 0 spiro atoms. The average Bonchev–Trinajstić information content (AvgIpc) is 2.67. The van der Waals surface area contributed by atoms with Crippen molar-refractivity contribution in [3.8, 4) is 5.75 Å². The van der Waals surface area contributed by atoms with Crippen molar-refractivity contribution in [2.45, 2.75) is 58.0 Å². The summed E-state index contributed by atoms with van der Waals surface area (Å²) in [6, 6.07) is 13.8. The number of rotatable bonds is 9. The van der Waals surface area contributed by atoms with E-state index in [1.807, 2.05) is 48.5 Å². The van der Waals surface area contributed by atoms with Crippen molar-refractivity contribution in [2.75, 3.05) is 0 Å². The number of carbonyl (C=O) groups excluding carboxylic acids is 1. The predicted octanol–water partition coefficient (Wildman–Crippen LogP) is 6.12. The van der Waals surface area contributed by atoms with Gasteiger partial charge in [-0.2, -0.15) is 0 Å². The third-order valence-electron chi connectivity index (χ3n) is 5.11. The first kappa shape index (κ1) is 18.4. The zero-order chi connectivity index (χ0) is 18.4. The summed E-state index contributed by atoms with van der Waals surface area (Å²) in [4.78, 5) is 12.8. The van der Waals surface area contributed by atoms with Gasteiger partial charge in [0.25, 0.3) is 0 Å². The molecule has 0 amide bonds. The second-order valence-corrected chi connectivity index (χ2v) is 7.08. The molecule has 1 aliphatic carbocycles. The molecule has 0 N–H and O–H groups in total. The average molecular weight is 348 g/mol. The third-order valence-corrected chi connectivity index (χ3v) is 5.11. The second-order valence-electron chi connectivity index (χ2n) is 7.08. The van der Waals surface area contributed by atoms with Crippen LogP contribution in [0.1, 0.15) is 72.5 Å². The molecule has 2 heteroatoms. The third kappa shape index (κ3) is 4.24. The highest BCUT2D eigenvalue weighted by Gasteiger charge is 2.23. The largest absolute Gasteiger partial charge is 0.486 e. The van der Waals surface area contributed by atoms with E-state index in [1.165, 1.54) is 25.7 Å². The van der Waals surface area contributed by atoms with E-state index < -0.39 is 0 Å². The molecular weight excluding hydrogens is 320 g/mol. The van der Waals surface area contributed by atoms with Crippen molar-refractivity contribution >= 4 is 5.78 Å². The normalized spacial score (nSPS) is 13.7. The molecule has 2 aromatic rings. The van der Waals surface area contributed by atoms with E-state index in [0.29, 0.717) is 0 Å². The van der Waals surface area contributed by atoms with E-state index in [4.69, 9.17) is 4.74 Å². The molecule has 0 aromatic heterocycles.